The van der Waals surface area contributed by atoms with Crippen LogP contribution in [0.3, 0.4) is 0 Å². The van der Waals surface area contributed by atoms with Crippen molar-refractivity contribution in [2.45, 2.75) is 32.7 Å². The number of carboxylic acid groups (broad SMARTS) is 1. The molecule has 1 unspecified atom stereocenters. The summed E-state index contributed by atoms with van der Waals surface area (Å²) in [7, 11) is 0. The van der Waals surface area contributed by atoms with Crippen molar-refractivity contribution in [1.82, 2.24) is 9.97 Å². The highest BCUT2D eigenvalue weighted by Crippen LogP contribution is 2.40. The Kier molecular flexibility index (Phi) is 3.72. The number of hydrogen-bond acceptors (Lipinski definition) is 6. The molecule has 5 rings (SSSR count). The van der Waals surface area contributed by atoms with Gasteiger partial charge in [0.25, 0.3) is 0 Å². The summed E-state index contributed by atoms with van der Waals surface area (Å²) < 4.78 is 0. The van der Waals surface area contributed by atoms with Crippen LogP contribution in [-0.4, -0.2) is 26.8 Å². The summed E-state index contributed by atoms with van der Waals surface area (Å²) in [5, 5.41) is 13.8. The van der Waals surface area contributed by atoms with Gasteiger partial charge in [-0.15, -0.1) is 11.3 Å². The number of aliphatic carboxylic acids is 1. The van der Waals surface area contributed by atoms with Crippen molar-refractivity contribution in [3.63, 3.8) is 0 Å². The van der Waals surface area contributed by atoms with Gasteiger partial charge in [-0.3, -0.25) is 9.79 Å². The highest BCUT2D eigenvalue weighted by Gasteiger charge is 2.28. The Labute approximate surface area is 160 Å². The summed E-state index contributed by atoms with van der Waals surface area (Å²) in [6, 6.07) is 6.28. The fraction of sp³-hybridized carbons (Fsp3) is 0.300. The third-order valence-electron chi connectivity index (χ3n) is 5.44. The summed E-state index contributed by atoms with van der Waals surface area (Å²) in [5.41, 5.74) is 5.67. The number of carboxylic acids is 1. The van der Waals surface area contributed by atoms with Crippen molar-refractivity contribution in [3.05, 3.63) is 46.1 Å². The van der Waals surface area contributed by atoms with Gasteiger partial charge >= 0.3 is 5.97 Å². The number of aromatic nitrogens is 2. The number of thiophene rings is 1. The fourth-order valence-corrected chi connectivity index (χ4v) is 5.24. The zero-order valence-electron chi connectivity index (χ0n) is 14.8. The number of carbonyl (C=O) groups is 1. The smallest absolute Gasteiger partial charge is 0.306 e. The molecule has 1 aromatic carbocycles. The standard InChI is InChI=1S/C20H18N4O2S/c1-10-15-7-13(4-2-12(15)8-21-10)24-18-17-14-5-3-11(20(25)26)6-16(14)27-19(17)23-9-22-18/h2,4,7,9,11H,3,5-6,8H2,1H3,(H,25,26)(H,22,23,24). The van der Waals surface area contributed by atoms with E-state index >= 15 is 0 Å². The van der Waals surface area contributed by atoms with Gasteiger partial charge in [0.1, 0.15) is 17.0 Å². The largest absolute Gasteiger partial charge is 0.481 e. The molecule has 0 amide bonds. The van der Waals surface area contributed by atoms with Gasteiger partial charge in [0.15, 0.2) is 0 Å². The van der Waals surface area contributed by atoms with Crippen molar-refractivity contribution < 1.29 is 9.90 Å². The molecule has 3 heterocycles. The molecule has 1 atom stereocenters. The number of nitrogens with one attached hydrogen (secondary N) is 1. The summed E-state index contributed by atoms with van der Waals surface area (Å²) in [6.45, 7) is 2.79. The monoisotopic (exact) mass is 378 g/mol. The predicted molar refractivity (Wildman–Crippen MR) is 106 cm³/mol. The summed E-state index contributed by atoms with van der Waals surface area (Å²) >= 11 is 1.59. The van der Waals surface area contributed by atoms with Crippen LogP contribution in [0.1, 0.15) is 34.9 Å². The van der Waals surface area contributed by atoms with Crippen LogP contribution in [-0.2, 0) is 24.2 Å². The summed E-state index contributed by atoms with van der Waals surface area (Å²) in [6.07, 6.45) is 3.57. The molecule has 136 valence electrons. The predicted octanol–water partition coefficient (Wildman–Crippen LogP) is 3.95. The lowest BCUT2D eigenvalue weighted by Crippen LogP contribution is -2.21. The Morgan fingerprint density at radius 3 is 3.07 bits per heavy atom. The molecule has 0 bridgehead atoms. The van der Waals surface area contributed by atoms with Crippen LogP contribution in [0.4, 0.5) is 11.5 Å². The quantitative estimate of drug-likeness (QED) is 0.721. The number of nitrogens with zero attached hydrogens (tertiary/aromatic N) is 3. The first-order valence-corrected chi connectivity index (χ1v) is 9.81. The zero-order chi connectivity index (χ0) is 18.5. The maximum atomic E-state index is 11.4. The van der Waals surface area contributed by atoms with Crippen LogP contribution in [0.2, 0.25) is 0 Å². The number of anilines is 2. The third-order valence-corrected chi connectivity index (χ3v) is 6.61. The molecule has 7 heteroatoms. The molecule has 3 aromatic rings. The lowest BCUT2D eigenvalue weighted by molar-refractivity contribution is -0.142. The van der Waals surface area contributed by atoms with Crippen molar-refractivity contribution in [3.8, 4) is 0 Å². The molecule has 0 spiro atoms. The van der Waals surface area contributed by atoms with Crippen LogP contribution >= 0.6 is 11.3 Å². The minimum Gasteiger partial charge on any atom is -0.481 e. The normalized spacial score (nSPS) is 18.1. The Morgan fingerprint density at radius 2 is 2.22 bits per heavy atom. The maximum Gasteiger partial charge on any atom is 0.306 e. The molecule has 27 heavy (non-hydrogen) atoms. The van der Waals surface area contributed by atoms with E-state index in [4.69, 9.17) is 0 Å². The highest BCUT2D eigenvalue weighted by molar-refractivity contribution is 7.19. The van der Waals surface area contributed by atoms with Crippen LogP contribution in [0.5, 0.6) is 0 Å². The van der Waals surface area contributed by atoms with Crippen molar-refractivity contribution in [2.75, 3.05) is 5.32 Å². The Balaban J connectivity index is 1.54. The molecule has 2 aliphatic rings. The van der Waals surface area contributed by atoms with Crippen LogP contribution in [0, 0.1) is 5.92 Å². The van der Waals surface area contributed by atoms with E-state index in [1.165, 1.54) is 16.7 Å². The Bertz CT molecular complexity index is 1120. The second kappa shape index (κ2) is 6.13. The number of rotatable bonds is 3. The first-order valence-electron chi connectivity index (χ1n) is 8.99. The summed E-state index contributed by atoms with van der Waals surface area (Å²) in [4.78, 5) is 26.8. The molecular formula is C20H18N4O2S. The van der Waals surface area contributed by atoms with E-state index in [0.29, 0.717) is 12.8 Å². The van der Waals surface area contributed by atoms with E-state index in [9.17, 15) is 9.90 Å². The average molecular weight is 378 g/mol. The number of aryl methyl sites for hydroxylation is 1. The van der Waals surface area contributed by atoms with Gasteiger partial charge in [-0.05, 0) is 49.4 Å². The highest BCUT2D eigenvalue weighted by atomic mass is 32.1. The van der Waals surface area contributed by atoms with E-state index < -0.39 is 5.97 Å². The Morgan fingerprint density at radius 1 is 1.33 bits per heavy atom. The minimum atomic E-state index is -0.710. The molecule has 0 saturated carbocycles. The summed E-state index contributed by atoms with van der Waals surface area (Å²) in [5.74, 6) is -0.217. The molecule has 1 aliphatic carbocycles. The van der Waals surface area contributed by atoms with Gasteiger partial charge in [0.05, 0.1) is 17.8 Å². The van der Waals surface area contributed by atoms with Gasteiger partial charge in [0, 0.05) is 21.8 Å². The van der Waals surface area contributed by atoms with Crippen molar-refractivity contribution in [1.29, 1.82) is 0 Å². The zero-order valence-corrected chi connectivity index (χ0v) is 15.6. The molecule has 1 aliphatic heterocycles. The van der Waals surface area contributed by atoms with E-state index in [0.717, 1.165) is 45.3 Å². The van der Waals surface area contributed by atoms with Gasteiger partial charge in [-0.2, -0.15) is 0 Å². The van der Waals surface area contributed by atoms with E-state index in [1.54, 1.807) is 17.7 Å². The molecule has 2 aromatic heterocycles. The number of aliphatic imine (C=N–C) groups is 1. The van der Waals surface area contributed by atoms with Crippen LogP contribution in [0.15, 0.2) is 29.5 Å². The molecular weight excluding hydrogens is 360 g/mol. The molecule has 2 N–H and O–H groups in total. The lowest BCUT2D eigenvalue weighted by atomic mass is 9.88. The van der Waals surface area contributed by atoms with E-state index in [2.05, 4.69) is 38.5 Å². The van der Waals surface area contributed by atoms with Gasteiger partial charge in [-0.1, -0.05) is 6.07 Å². The van der Waals surface area contributed by atoms with Crippen LogP contribution in [0.25, 0.3) is 10.2 Å². The molecule has 0 saturated heterocycles. The van der Waals surface area contributed by atoms with Gasteiger partial charge in [-0.25, -0.2) is 9.97 Å². The first-order chi connectivity index (χ1) is 13.1. The SMILES string of the molecule is CC1=NCc2ccc(Nc3ncnc4sc5c(c34)CCC(C(=O)O)C5)cc21. The second-order valence-electron chi connectivity index (χ2n) is 7.08. The number of fused-ring (bicyclic) bond motifs is 4. The number of benzene rings is 1. The first kappa shape index (κ1) is 16.4. The van der Waals surface area contributed by atoms with Gasteiger partial charge < -0.3 is 10.4 Å². The second-order valence-corrected chi connectivity index (χ2v) is 8.17. The van der Waals surface area contributed by atoms with Crippen molar-refractivity contribution in [2.24, 2.45) is 10.9 Å². The van der Waals surface area contributed by atoms with E-state index in [1.807, 2.05) is 6.92 Å². The molecule has 0 fully saturated rings. The average Bonchev–Trinajstić information content (AvgIpc) is 3.22. The third kappa shape index (κ3) is 2.70. The number of hydrogen-bond donors (Lipinski definition) is 2. The van der Waals surface area contributed by atoms with Crippen molar-refractivity contribution >= 4 is 44.7 Å². The topological polar surface area (TPSA) is 87.5 Å². The minimum absolute atomic E-state index is 0.297. The van der Waals surface area contributed by atoms with E-state index in [-0.39, 0.29) is 5.92 Å². The molecule has 6 nitrogen and oxygen atoms in total. The Hall–Kier alpha value is -2.80. The molecule has 0 radical (unpaired) electrons. The van der Waals surface area contributed by atoms with Gasteiger partial charge in [0.2, 0.25) is 0 Å². The lowest BCUT2D eigenvalue weighted by Gasteiger charge is -2.18. The maximum absolute atomic E-state index is 11.4. The van der Waals surface area contributed by atoms with Crippen LogP contribution < -0.4 is 5.32 Å². The fourth-order valence-electron chi connectivity index (χ4n) is 3.97.